The number of halogens is 3. The molecule has 0 unspecified atom stereocenters. The minimum absolute atomic E-state index is 0.381. The second kappa shape index (κ2) is 4.72. The highest BCUT2D eigenvalue weighted by Gasteiger charge is 2.30. The number of nitrogens with one attached hydrogen (secondary N) is 1. The lowest BCUT2D eigenvalue weighted by molar-refractivity contribution is -0.137. The molecule has 0 saturated heterocycles. The van der Waals surface area contributed by atoms with E-state index in [1.807, 2.05) is 0 Å². The van der Waals surface area contributed by atoms with Gasteiger partial charge in [-0.15, -0.1) is 0 Å². The fourth-order valence-corrected chi connectivity index (χ4v) is 2.03. The number of hydrogen-bond acceptors (Lipinski definition) is 4. The first-order valence-corrected chi connectivity index (χ1v) is 6.02. The zero-order valence-electron chi connectivity index (χ0n) is 10.9. The SMILES string of the molecule is CN(c1cccc(C(F)(F)F)c1)c1ncnc2[nH]ncc12. The van der Waals surface area contributed by atoms with E-state index in [-0.39, 0.29) is 0 Å². The molecule has 2 heterocycles. The van der Waals surface area contributed by atoms with Gasteiger partial charge in [0.15, 0.2) is 5.65 Å². The van der Waals surface area contributed by atoms with E-state index in [0.29, 0.717) is 22.5 Å². The molecule has 108 valence electrons. The number of benzene rings is 1. The Morgan fingerprint density at radius 2 is 2.00 bits per heavy atom. The Bertz CT molecular complexity index is 781. The second-order valence-corrected chi connectivity index (χ2v) is 4.44. The Morgan fingerprint density at radius 1 is 1.19 bits per heavy atom. The fourth-order valence-electron chi connectivity index (χ4n) is 2.03. The summed E-state index contributed by atoms with van der Waals surface area (Å²) in [7, 11) is 1.64. The van der Waals surface area contributed by atoms with E-state index in [9.17, 15) is 13.2 Å². The first kappa shape index (κ1) is 13.3. The molecule has 1 aromatic carbocycles. The second-order valence-electron chi connectivity index (χ2n) is 4.44. The zero-order valence-corrected chi connectivity index (χ0v) is 10.9. The third-order valence-electron chi connectivity index (χ3n) is 3.11. The Kier molecular flexibility index (Phi) is 3.00. The first-order valence-electron chi connectivity index (χ1n) is 6.02. The molecule has 0 saturated carbocycles. The molecule has 0 aliphatic heterocycles. The van der Waals surface area contributed by atoms with Crippen molar-refractivity contribution in [2.75, 3.05) is 11.9 Å². The highest BCUT2D eigenvalue weighted by Crippen LogP contribution is 2.33. The van der Waals surface area contributed by atoms with Crippen molar-refractivity contribution in [3.8, 4) is 0 Å². The van der Waals surface area contributed by atoms with Crippen LogP contribution in [0.3, 0.4) is 0 Å². The topological polar surface area (TPSA) is 57.7 Å². The molecule has 0 aliphatic rings. The number of rotatable bonds is 2. The number of fused-ring (bicyclic) bond motifs is 1. The molecule has 21 heavy (non-hydrogen) atoms. The molecular formula is C13H10F3N5. The van der Waals surface area contributed by atoms with Gasteiger partial charge in [-0.05, 0) is 18.2 Å². The third kappa shape index (κ3) is 2.39. The lowest BCUT2D eigenvalue weighted by atomic mass is 10.2. The summed E-state index contributed by atoms with van der Waals surface area (Å²) in [6, 6.07) is 5.06. The Hall–Kier alpha value is -2.64. The minimum atomic E-state index is -4.38. The third-order valence-corrected chi connectivity index (χ3v) is 3.11. The van der Waals surface area contributed by atoms with Crippen LogP contribution in [-0.4, -0.2) is 27.2 Å². The van der Waals surface area contributed by atoms with Crippen LogP contribution in [0.4, 0.5) is 24.7 Å². The monoisotopic (exact) mass is 293 g/mol. The summed E-state index contributed by atoms with van der Waals surface area (Å²) in [6.07, 6.45) is -1.51. The van der Waals surface area contributed by atoms with Crippen molar-refractivity contribution in [2.24, 2.45) is 0 Å². The summed E-state index contributed by atoms with van der Waals surface area (Å²) in [4.78, 5) is 9.68. The van der Waals surface area contributed by atoms with E-state index in [1.54, 1.807) is 18.0 Å². The van der Waals surface area contributed by atoms with E-state index >= 15 is 0 Å². The van der Waals surface area contributed by atoms with Crippen LogP contribution in [0, 0.1) is 0 Å². The molecule has 5 nitrogen and oxygen atoms in total. The molecule has 0 bridgehead atoms. The van der Waals surface area contributed by atoms with Crippen LogP contribution in [-0.2, 0) is 6.18 Å². The van der Waals surface area contributed by atoms with Gasteiger partial charge >= 0.3 is 6.18 Å². The maximum atomic E-state index is 12.8. The number of alkyl halides is 3. The van der Waals surface area contributed by atoms with Gasteiger partial charge in [-0.3, -0.25) is 5.10 Å². The van der Waals surface area contributed by atoms with Gasteiger partial charge in [0.2, 0.25) is 0 Å². The van der Waals surface area contributed by atoms with Crippen molar-refractivity contribution in [3.63, 3.8) is 0 Å². The van der Waals surface area contributed by atoms with E-state index in [4.69, 9.17) is 0 Å². The van der Waals surface area contributed by atoms with Crippen molar-refractivity contribution in [2.45, 2.75) is 6.18 Å². The van der Waals surface area contributed by atoms with Gasteiger partial charge in [0.25, 0.3) is 0 Å². The van der Waals surface area contributed by atoms with Gasteiger partial charge in [-0.2, -0.15) is 18.3 Å². The summed E-state index contributed by atoms with van der Waals surface area (Å²) in [5.74, 6) is 0.480. The predicted octanol–water partition coefficient (Wildman–Crippen LogP) is 3.14. The van der Waals surface area contributed by atoms with Gasteiger partial charge in [0.05, 0.1) is 17.1 Å². The van der Waals surface area contributed by atoms with Gasteiger partial charge in [0.1, 0.15) is 12.1 Å². The van der Waals surface area contributed by atoms with Crippen LogP contribution in [0.1, 0.15) is 5.56 Å². The summed E-state index contributed by atoms with van der Waals surface area (Å²) >= 11 is 0. The van der Waals surface area contributed by atoms with Crippen LogP contribution >= 0.6 is 0 Å². The van der Waals surface area contributed by atoms with E-state index in [1.165, 1.54) is 18.6 Å². The van der Waals surface area contributed by atoms with Crippen molar-refractivity contribution < 1.29 is 13.2 Å². The Labute approximate surface area is 117 Å². The summed E-state index contributed by atoms with van der Waals surface area (Å²) in [5, 5.41) is 7.19. The highest BCUT2D eigenvalue weighted by atomic mass is 19.4. The standard InChI is InChI=1S/C13H10F3N5/c1-21(9-4-2-3-8(5-9)13(14,15)16)12-10-6-19-20-11(10)17-7-18-12/h2-7H,1H3,(H,17,18,19,20). The lowest BCUT2D eigenvalue weighted by Crippen LogP contribution is -2.13. The fraction of sp³-hybridized carbons (Fsp3) is 0.154. The van der Waals surface area contributed by atoms with Crippen LogP contribution in [0.2, 0.25) is 0 Å². The number of anilines is 2. The largest absolute Gasteiger partial charge is 0.416 e. The average molecular weight is 293 g/mol. The maximum absolute atomic E-state index is 12.8. The molecule has 2 aromatic heterocycles. The first-order chi connectivity index (χ1) is 9.97. The van der Waals surface area contributed by atoms with Gasteiger partial charge in [-0.1, -0.05) is 6.07 Å². The summed E-state index contributed by atoms with van der Waals surface area (Å²) < 4.78 is 38.3. The molecule has 0 atom stereocenters. The molecule has 3 aromatic rings. The summed E-state index contributed by atoms with van der Waals surface area (Å²) in [5.41, 5.74) is 0.203. The molecular weight excluding hydrogens is 283 g/mol. The number of hydrogen-bond donors (Lipinski definition) is 1. The molecule has 0 aliphatic carbocycles. The zero-order chi connectivity index (χ0) is 15.0. The number of aromatic nitrogens is 4. The quantitative estimate of drug-likeness (QED) is 0.788. The summed E-state index contributed by atoms with van der Waals surface area (Å²) in [6.45, 7) is 0. The van der Waals surface area contributed by atoms with Crippen molar-refractivity contribution in [3.05, 3.63) is 42.4 Å². The van der Waals surface area contributed by atoms with Crippen LogP contribution in [0.5, 0.6) is 0 Å². The van der Waals surface area contributed by atoms with E-state index < -0.39 is 11.7 Å². The molecule has 1 N–H and O–H groups in total. The molecule has 0 amide bonds. The number of nitrogens with zero attached hydrogens (tertiary/aromatic N) is 4. The van der Waals surface area contributed by atoms with Crippen molar-refractivity contribution >= 4 is 22.5 Å². The van der Waals surface area contributed by atoms with Gasteiger partial charge < -0.3 is 4.90 Å². The van der Waals surface area contributed by atoms with Crippen molar-refractivity contribution in [1.29, 1.82) is 0 Å². The minimum Gasteiger partial charge on any atom is -0.329 e. The van der Waals surface area contributed by atoms with Crippen LogP contribution < -0.4 is 4.90 Å². The van der Waals surface area contributed by atoms with Gasteiger partial charge in [0, 0.05) is 12.7 Å². The van der Waals surface area contributed by atoms with E-state index in [0.717, 1.165) is 12.1 Å². The smallest absolute Gasteiger partial charge is 0.329 e. The van der Waals surface area contributed by atoms with E-state index in [2.05, 4.69) is 20.2 Å². The molecule has 0 spiro atoms. The van der Waals surface area contributed by atoms with Gasteiger partial charge in [-0.25, -0.2) is 9.97 Å². The average Bonchev–Trinajstić information content (AvgIpc) is 2.94. The molecule has 0 fully saturated rings. The van der Waals surface area contributed by atoms with Crippen LogP contribution in [0.25, 0.3) is 11.0 Å². The maximum Gasteiger partial charge on any atom is 0.416 e. The normalized spacial score (nSPS) is 11.8. The molecule has 3 rings (SSSR count). The molecule has 8 heteroatoms. The predicted molar refractivity (Wildman–Crippen MR) is 71.2 cm³/mol. The van der Waals surface area contributed by atoms with Crippen LogP contribution in [0.15, 0.2) is 36.8 Å². The van der Waals surface area contributed by atoms with Crippen molar-refractivity contribution in [1.82, 2.24) is 20.2 Å². The number of aromatic amines is 1. The highest BCUT2D eigenvalue weighted by molar-refractivity contribution is 5.88. The number of H-pyrrole nitrogens is 1. The Balaban J connectivity index is 2.06. The Morgan fingerprint density at radius 3 is 2.76 bits per heavy atom. The molecule has 0 radical (unpaired) electrons. The lowest BCUT2D eigenvalue weighted by Gasteiger charge is -2.20.